The summed E-state index contributed by atoms with van der Waals surface area (Å²) in [5, 5.41) is 3.60. The lowest BCUT2D eigenvalue weighted by molar-refractivity contribution is 0.0839. The summed E-state index contributed by atoms with van der Waals surface area (Å²) in [6, 6.07) is 16.4. The molecule has 136 valence electrons. The largest absolute Gasteiger partial charge is 0.351 e. The second-order valence-corrected chi connectivity index (χ2v) is 7.05. The molecular formula is C21H23ClN2O2. The monoisotopic (exact) mass is 370 g/mol. The van der Waals surface area contributed by atoms with Gasteiger partial charge in [-0.25, -0.2) is 0 Å². The molecule has 2 aromatic carbocycles. The van der Waals surface area contributed by atoms with E-state index in [0.29, 0.717) is 17.1 Å². The number of Topliss-reactive ketones (excluding diaryl/α,β-unsaturated/α-hetero) is 1. The Bertz CT molecular complexity index is 738. The lowest BCUT2D eigenvalue weighted by Gasteiger charge is -2.31. The molecule has 3 rings (SSSR count). The first-order valence-electron chi connectivity index (χ1n) is 8.99. The van der Waals surface area contributed by atoms with Gasteiger partial charge in [0.1, 0.15) is 0 Å². The molecule has 5 heteroatoms. The van der Waals surface area contributed by atoms with Gasteiger partial charge >= 0.3 is 0 Å². The summed E-state index contributed by atoms with van der Waals surface area (Å²) < 4.78 is 0. The number of hydrogen-bond donors (Lipinski definition) is 1. The number of halogens is 1. The van der Waals surface area contributed by atoms with Gasteiger partial charge in [-0.2, -0.15) is 0 Å². The minimum Gasteiger partial charge on any atom is -0.351 e. The van der Waals surface area contributed by atoms with Crippen LogP contribution in [0.3, 0.4) is 0 Å². The summed E-state index contributed by atoms with van der Waals surface area (Å²) in [4.78, 5) is 26.9. The Balaban J connectivity index is 1.40. The van der Waals surface area contributed by atoms with Crippen LogP contribution in [-0.4, -0.2) is 42.8 Å². The molecule has 0 aliphatic carbocycles. The Hall–Kier alpha value is -2.17. The third-order valence-corrected chi connectivity index (χ3v) is 5.09. The minimum absolute atomic E-state index is 0.0431. The molecule has 0 radical (unpaired) electrons. The fraction of sp³-hybridized carbons (Fsp3) is 0.333. The zero-order valence-electron chi connectivity index (χ0n) is 14.7. The fourth-order valence-corrected chi connectivity index (χ4v) is 3.41. The first-order valence-corrected chi connectivity index (χ1v) is 9.36. The third-order valence-electron chi connectivity index (χ3n) is 4.84. The van der Waals surface area contributed by atoms with E-state index < -0.39 is 0 Å². The second kappa shape index (κ2) is 8.97. The van der Waals surface area contributed by atoms with Gasteiger partial charge in [0, 0.05) is 35.2 Å². The molecule has 1 aliphatic heterocycles. The van der Waals surface area contributed by atoms with Crippen LogP contribution in [0.2, 0.25) is 5.02 Å². The molecule has 4 nitrogen and oxygen atoms in total. The molecule has 1 amide bonds. The van der Waals surface area contributed by atoms with Crippen molar-refractivity contribution in [3.63, 3.8) is 0 Å². The van der Waals surface area contributed by atoms with E-state index in [9.17, 15) is 9.59 Å². The predicted molar refractivity (Wildman–Crippen MR) is 104 cm³/mol. The molecule has 0 saturated carbocycles. The lowest BCUT2D eigenvalue weighted by atomic mass is 9.89. The van der Waals surface area contributed by atoms with Crippen LogP contribution in [0.4, 0.5) is 0 Å². The van der Waals surface area contributed by atoms with Crippen LogP contribution < -0.4 is 5.32 Å². The molecule has 0 bridgehead atoms. The van der Waals surface area contributed by atoms with Gasteiger partial charge in [0.25, 0.3) is 5.91 Å². The van der Waals surface area contributed by atoms with Crippen molar-refractivity contribution >= 4 is 23.3 Å². The van der Waals surface area contributed by atoms with Crippen LogP contribution in [0.15, 0.2) is 54.6 Å². The highest BCUT2D eigenvalue weighted by Gasteiger charge is 2.25. The van der Waals surface area contributed by atoms with Crippen molar-refractivity contribution in [2.75, 3.05) is 26.2 Å². The number of nitrogens with one attached hydrogen (secondary N) is 1. The SMILES string of the molecule is O=C(NCCN1CCC(C(=O)c2ccc(Cl)cc2)CC1)c1ccccc1. The molecule has 1 saturated heterocycles. The van der Waals surface area contributed by atoms with Crippen molar-refractivity contribution in [3.8, 4) is 0 Å². The van der Waals surface area contributed by atoms with E-state index in [1.54, 1.807) is 24.3 Å². The highest BCUT2D eigenvalue weighted by molar-refractivity contribution is 6.30. The second-order valence-electron chi connectivity index (χ2n) is 6.61. The van der Waals surface area contributed by atoms with E-state index in [2.05, 4.69) is 10.2 Å². The molecule has 0 atom stereocenters. The van der Waals surface area contributed by atoms with Crippen molar-refractivity contribution in [2.24, 2.45) is 5.92 Å². The number of carbonyl (C=O) groups is 2. The zero-order chi connectivity index (χ0) is 18.4. The smallest absolute Gasteiger partial charge is 0.251 e. The van der Waals surface area contributed by atoms with Crippen molar-refractivity contribution in [2.45, 2.75) is 12.8 Å². The number of nitrogens with zero attached hydrogens (tertiary/aromatic N) is 1. The number of amides is 1. The number of benzene rings is 2. The topological polar surface area (TPSA) is 49.4 Å². The minimum atomic E-state index is -0.0431. The maximum Gasteiger partial charge on any atom is 0.251 e. The van der Waals surface area contributed by atoms with Gasteiger partial charge in [-0.3, -0.25) is 9.59 Å². The molecule has 1 N–H and O–H groups in total. The van der Waals surface area contributed by atoms with Crippen LogP contribution in [0.1, 0.15) is 33.6 Å². The van der Waals surface area contributed by atoms with E-state index in [-0.39, 0.29) is 17.6 Å². The van der Waals surface area contributed by atoms with Crippen molar-refractivity contribution in [1.82, 2.24) is 10.2 Å². The standard InChI is InChI=1S/C21H23ClN2O2/c22-19-8-6-16(7-9-19)20(25)17-10-13-24(14-11-17)15-12-23-21(26)18-4-2-1-3-5-18/h1-9,17H,10-15H2,(H,23,26). The Morgan fingerprint density at radius 2 is 1.62 bits per heavy atom. The fourth-order valence-electron chi connectivity index (χ4n) is 3.29. The quantitative estimate of drug-likeness (QED) is 0.789. The molecule has 0 spiro atoms. The van der Waals surface area contributed by atoms with Crippen LogP contribution in [0.25, 0.3) is 0 Å². The lowest BCUT2D eigenvalue weighted by Crippen LogP contribution is -2.41. The Kier molecular flexibility index (Phi) is 6.42. The number of piperidine rings is 1. The van der Waals surface area contributed by atoms with E-state index in [1.807, 2.05) is 30.3 Å². The van der Waals surface area contributed by atoms with Gasteiger partial charge in [0.05, 0.1) is 0 Å². The van der Waals surface area contributed by atoms with Crippen molar-refractivity contribution in [1.29, 1.82) is 0 Å². The normalized spacial score (nSPS) is 15.6. The molecule has 26 heavy (non-hydrogen) atoms. The summed E-state index contributed by atoms with van der Waals surface area (Å²) in [6.45, 7) is 3.18. The average molecular weight is 371 g/mol. The number of hydrogen-bond acceptors (Lipinski definition) is 3. The molecule has 0 aromatic heterocycles. The van der Waals surface area contributed by atoms with Gasteiger partial charge in [0.15, 0.2) is 5.78 Å². The Morgan fingerprint density at radius 1 is 0.962 bits per heavy atom. The summed E-state index contributed by atoms with van der Waals surface area (Å²) in [5.41, 5.74) is 1.42. The van der Waals surface area contributed by atoms with Crippen LogP contribution in [0.5, 0.6) is 0 Å². The molecule has 2 aromatic rings. The summed E-state index contributed by atoms with van der Waals surface area (Å²) >= 11 is 5.88. The maximum absolute atomic E-state index is 12.6. The number of rotatable bonds is 6. The molecule has 0 unspecified atom stereocenters. The van der Waals surface area contributed by atoms with E-state index in [4.69, 9.17) is 11.6 Å². The molecule has 1 fully saturated rings. The van der Waals surface area contributed by atoms with E-state index in [0.717, 1.165) is 38.0 Å². The zero-order valence-corrected chi connectivity index (χ0v) is 15.4. The number of carbonyl (C=O) groups excluding carboxylic acids is 2. The average Bonchev–Trinajstić information content (AvgIpc) is 2.69. The third kappa shape index (κ3) is 4.93. The van der Waals surface area contributed by atoms with E-state index in [1.165, 1.54) is 0 Å². The Labute approximate surface area is 159 Å². The first-order chi connectivity index (χ1) is 12.6. The molecule has 1 heterocycles. The van der Waals surface area contributed by atoms with Crippen molar-refractivity contribution < 1.29 is 9.59 Å². The molecule has 1 aliphatic rings. The first kappa shape index (κ1) is 18.6. The summed E-state index contributed by atoms with van der Waals surface area (Å²) in [6.07, 6.45) is 1.71. The predicted octanol–water partition coefficient (Wildman–Crippen LogP) is 3.66. The summed E-state index contributed by atoms with van der Waals surface area (Å²) in [7, 11) is 0. The van der Waals surface area contributed by atoms with Gasteiger partial charge < -0.3 is 10.2 Å². The maximum atomic E-state index is 12.6. The molecular weight excluding hydrogens is 348 g/mol. The number of likely N-dealkylation sites (tertiary alicyclic amines) is 1. The highest BCUT2D eigenvalue weighted by atomic mass is 35.5. The van der Waals surface area contributed by atoms with Crippen LogP contribution >= 0.6 is 11.6 Å². The van der Waals surface area contributed by atoms with Gasteiger partial charge in [-0.1, -0.05) is 29.8 Å². The Morgan fingerprint density at radius 3 is 2.27 bits per heavy atom. The number of ketones is 1. The summed E-state index contributed by atoms with van der Waals surface area (Å²) in [5.74, 6) is 0.239. The van der Waals surface area contributed by atoms with Gasteiger partial charge in [-0.05, 0) is 62.3 Å². The van der Waals surface area contributed by atoms with Gasteiger partial charge in [-0.15, -0.1) is 0 Å². The van der Waals surface area contributed by atoms with Crippen molar-refractivity contribution in [3.05, 3.63) is 70.7 Å². The van der Waals surface area contributed by atoms with E-state index >= 15 is 0 Å². The van der Waals surface area contributed by atoms with Crippen LogP contribution in [0, 0.1) is 5.92 Å². The van der Waals surface area contributed by atoms with Gasteiger partial charge in [0.2, 0.25) is 0 Å². The highest BCUT2D eigenvalue weighted by Crippen LogP contribution is 2.22. The van der Waals surface area contributed by atoms with Crippen LogP contribution in [-0.2, 0) is 0 Å².